The summed E-state index contributed by atoms with van der Waals surface area (Å²) in [5.74, 6) is 0. The molecule has 0 fully saturated rings. The van der Waals surface area contributed by atoms with Gasteiger partial charge in [0.05, 0.1) is 6.26 Å². The summed E-state index contributed by atoms with van der Waals surface area (Å²) in [6.07, 6.45) is 2.92. The molecule has 80 valence electrons. The van der Waals surface area contributed by atoms with Crippen LogP contribution in [0.4, 0.5) is 0 Å². The van der Waals surface area contributed by atoms with Crippen LogP contribution in [-0.2, 0) is 10.0 Å². The van der Waals surface area contributed by atoms with E-state index in [9.17, 15) is 8.42 Å². The van der Waals surface area contributed by atoms with Crippen molar-refractivity contribution < 1.29 is 8.42 Å². The zero-order valence-electron chi connectivity index (χ0n) is 8.04. The van der Waals surface area contributed by atoms with Gasteiger partial charge in [-0.15, -0.1) is 0 Å². The van der Waals surface area contributed by atoms with Crippen LogP contribution in [0.5, 0.6) is 0 Å². The quantitative estimate of drug-likeness (QED) is 0.441. The molecule has 0 aromatic carbocycles. The third-order valence-corrected chi connectivity index (χ3v) is 2.18. The van der Waals surface area contributed by atoms with Crippen LogP contribution in [-0.4, -0.2) is 40.9 Å². The first-order valence-corrected chi connectivity index (χ1v) is 6.31. The van der Waals surface area contributed by atoms with Crippen molar-refractivity contribution in [1.29, 1.82) is 0 Å². The predicted octanol–water partition coefficient (Wildman–Crippen LogP) is -1.14. The maximum absolute atomic E-state index is 10.6. The van der Waals surface area contributed by atoms with E-state index >= 15 is 0 Å². The maximum atomic E-state index is 10.6. The lowest BCUT2D eigenvalue weighted by molar-refractivity contribution is 0.577. The van der Waals surface area contributed by atoms with Crippen molar-refractivity contribution in [3.63, 3.8) is 0 Å². The highest BCUT2D eigenvalue weighted by atomic mass is 32.2. The molecule has 0 atom stereocenters. The van der Waals surface area contributed by atoms with E-state index in [-0.39, 0.29) is 0 Å². The summed E-state index contributed by atoms with van der Waals surface area (Å²) < 4.78 is 23.7. The second-order valence-corrected chi connectivity index (χ2v) is 4.75. The minimum Gasteiger partial charge on any atom is -0.330 e. The van der Waals surface area contributed by atoms with E-state index in [1.165, 1.54) is 0 Å². The minimum absolute atomic E-state index is 0.495. The second kappa shape index (κ2) is 7.25. The molecule has 0 heterocycles. The van der Waals surface area contributed by atoms with Gasteiger partial charge in [0, 0.05) is 6.54 Å². The van der Waals surface area contributed by atoms with E-state index in [2.05, 4.69) is 10.0 Å². The van der Waals surface area contributed by atoms with Gasteiger partial charge < -0.3 is 11.1 Å². The summed E-state index contributed by atoms with van der Waals surface area (Å²) in [6.45, 7) is 2.90. The van der Waals surface area contributed by atoms with Crippen molar-refractivity contribution in [3.8, 4) is 0 Å². The third-order valence-electron chi connectivity index (χ3n) is 1.45. The molecule has 0 saturated heterocycles. The predicted molar refractivity (Wildman–Crippen MR) is 54.0 cm³/mol. The highest BCUT2D eigenvalue weighted by Crippen LogP contribution is 1.78. The SMILES string of the molecule is CS(=O)(=O)NCCCNCCCN. The number of nitrogens with one attached hydrogen (secondary N) is 2. The highest BCUT2D eigenvalue weighted by molar-refractivity contribution is 7.88. The van der Waals surface area contributed by atoms with Gasteiger partial charge in [-0.3, -0.25) is 0 Å². The first-order chi connectivity index (χ1) is 6.06. The number of hydrogen-bond acceptors (Lipinski definition) is 4. The lowest BCUT2D eigenvalue weighted by Crippen LogP contribution is -2.27. The van der Waals surface area contributed by atoms with Crippen molar-refractivity contribution >= 4 is 10.0 Å². The summed E-state index contributed by atoms with van der Waals surface area (Å²) in [7, 11) is -3.02. The third kappa shape index (κ3) is 11.8. The van der Waals surface area contributed by atoms with Gasteiger partial charge in [-0.1, -0.05) is 0 Å². The molecule has 0 aliphatic carbocycles. The molecule has 0 aromatic rings. The summed E-state index contributed by atoms with van der Waals surface area (Å²) in [5.41, 5.74) is 5.29. The van der Waals surface area contributed by atoms with Gasteiger partial charge in [-0.25, -0.2) is 13.1 Å². The molecule has 0 spiro atoms. The van der Waals surface area contributed by atoms with Gasteiger partial charge in [-0.05, 0) is 32.5 Å². The molecule has 0 amide bonds. The Morgan fingerprint density at radius 3 is 2.31 bits per heavy atom. The smallest absolute Gasteiger partial charge is 0.208 e. The number of sulfonamides is 1. The second-order valence-electron chi connectivity index (χ2n) is 2.91. The Morgan fingerprint density at radius 2 is 1.77 bits per heavy atom. The number of nitrogens with two attached hydrogens (primary N) is 1. The van der Waals surface area contributed by atoms with Gasteiger partial charge in [0.15, 0.2) is 0 Å². The largest absolute Gasteiger partial charge is 0.330 e. The van der Waals surface area contributed by atoms with Crippen molar-refractivity contribution in [2.45, 2.75) is 12.8 Å². The average Bonchev–Trinajstić information content (AvgIpc) is 2.01. The molecule has 0 saturated carbocycles. The monoisotopic (exact) mass is 209 g/mol. The number of hydrogen-bond donors (Lipinski definition) is 3. The van der Waals surface area contributed by atoms with Gasteiger partial charge in [0.1, 0.15) is 0 Å². The van der Waals surface area contributed by atoms with Crippen molar-refractivity contribution in [3.05, 3.63) is 0 Å². The van der Waals surface area contributed by atoms with Crippen molar-refractivity contribution in [1.82, 2.24) is 10.0 Å². The van der Waals surface area contributed by atoms with Crippen LogP contribution in [0.1, 0.15) is 12.8 Å². The van der Waals surface area contributed by atoms with Crippen LogP contribution in [0, 0.1) is 0 Å². The Kier molecular flexibility index (Phi) is 7.16. The molecular formula is C7H19N3O2S. The fourth-order valence-electron chi connectivity index (χ4n) is 0.823. The van der Waals surface area contributed by atoms with Gasteiger partial charge in [-0.2, -0.15) is 0 Å². The Morgan fingerprint density at radius 1 is 1.15 bits per heavy atom. The molecule has 0 aliphatic heterocycles. The van der Waals surface area contributed by atoms with E-state index in [0.29, 0.717) is 13.1 Å². The lowest BCUT2D eigenvalue weighted by atomic mass is 10.4. The molecule has 0 bridgehead atoms. The summed E-state index contributed by atoms with van der Waals surface area (Å²) in [6, 6.07) is 0. The Bertz CT molecular complexity index is 204. The normalized spacial score (nSPS) is 11.8. The molecule has 0 radical (unpaired) electrons. The lowest BCUT2D eigenvalue weighted by Gasteiger charge is -2.03. The van der Waals surface area contributed by atoms with Gasteiger partial charge >= 0.3 is 0 Å². The minimum atomic E-state index is -3.02. The van der Waals surface area contributed by atoms with E-state index in [1.54, 1.807) is 0 Å². The molecule has 5 nitrogen and oxygen atoms in total. The van der Waals surface area contributed by atoms with Crippen LogP contribution >= 0.6 is 0 Å². The molecule has 0 aliphatic rings. The van der Waals surface area contributed by atoms with Crippen LogP contribution in [0.25, 0.3) is 0 Å². The zero-order chi connectivity index (χ0) is 10.2. The topological polar surface area (TPSA) is 84.2 Å². The van der Waals surface area contributed by atoms with Crippen LogP contribution in [0.3, 0.4) is 0 Å². The molecular weight excluding hydrogens is 190 g/mol. The molecule has 0 rings (SSSR count). The van der Waals surface area contributed by atoms with E-state index in [4.69, 9.17) is 5.73 Å². The zero-order valence-corrected chi connectivity index (χ0v) is 8.86. The van der Waals surface area contributed by atoms with Crippen LogP contribution < -0.4 is 15.8 Å². The standard InChI is InChI=1S/C7H19N3O2S/c1-13(11,12)10-7-3-6-9-5-2-4-8/h9-10H,2-8H2,1H3. The van der Waals surface area contributed by atoms with Crippen LogP contribution in [0.15, 0.2) is 0 Å². The van der Waals surface area contributed by atoms with Crippen LogP contribution in [0.2, 0.25) is 0 Å². The fourth-order valence-corrected chi connectivity index (χ4v) is 1.34. The molecule has 0 unspecified atom stereocenters. The molecule has 4 N–H and O–H groups in total. The Hall–Kier alpha value is -0.170. The summed E-state index contributed by atoms with van der Waals surface area (Å²) >= 11 is 0. The maximum Gasteiger partial charge on any atom is 0.208 e. The van der Waals surface area contributed by atoms with E-state index < -0.39 is 10.0 Å². The Labute approximate surface area is 80.1 Å². The summed E-state index contributed by atoms with van der Waals surface area (Å²) in [4.78, 5) is 0. The highest BCUT2D eigenvalue weighted by Gasteiger charge is 1.97. The van der Waals surface area contributed by atoms with Crippen molar-refractivity contribution in [2.24, 2.45) is 5.73 Å². The van der Waals surface area contributed by atoms with E-state index in [1.807, 2.05) is 0 Å². The fraction of sp³-hybridized carbons (Fsp3) is 1.00. The van der Waals surface area contributed by atoms with Gasteiger partial charge in [0.2, 0.25) is 10.0 Å². The molecule has 6 heteroatoms. The van der Waals surface area contributed by atoms with Crippen molar-refractivity contribution in [2.75, 3.05) is 32.4 Å². The number of rotatable bonds is 8. The Balaban J connectivity index is 3.09. The first kappa shape index (κ1) is 12.8. The van der Waals surface area contributed by atoms with Gasteiger partial charge in [0.25, 0.3) is 0 Å². The molecule has 13 heavy (non-hydrogen) atoms. The van der Waals surface area contributed by atoms with E-state index in [0.717, 1.165) is 32.2 Å². The average molecular weight is 209 g/mol. The molecule has 0 aromatic heterocycles. The first-order valence-electron chi connectivity index (χ1n) is 4.41. The summed E-state index contributed by atoms with van der Waals surface area (Å²) in [5, 5.41) is 3.16.